The Kier molecular flexibility index (Phi) is 12.4. The number of fused-ring (bicyclic) bond motifs is 1. The average Bonchev–Trinajstić information content (AvgIpc) is 3.67. The summed E-state index contributed by atoms with van der Waals surface area (Å²) in [6.07, 6.45) is 4.18. The number of carbonyl (C=O) groups excluding carboxylic acids is 4. The molecule has 2 aliphatic heterocycles. The third-order valence-corrected chi connectivity index (χ3v) is 11.2. The van der Waals surface area contributed by atoms with Crippen molar-refractivity contribution in [2.24, 2.45) is 17.8 Å². The van der Waals surface area contributed by atoms with Crippen molar-refractivity contribution in [1.82, 2.24) is 35.0 Å². The summed E-state index contributed by atoms with van der Waals surface area (Å²) in [7, 11) is 3.60. The van der Waals surface area contributed by atoms with Gasteiger partial charge in [-0.05, 0) is 77.2 Å². The van der Waals surface area contributed by atoms with Gasteiger partial charge in [0, 0.05) is 45.8 Å². The summed E-state index contributed by atoms with van der Waals surface area (Å²) in [4.78, 5) is 57.9. The van der Waals surface area contributed by atoms with E-state index in [1.165, 1.54) is 6.92 Å². The third-order valence-electron chi connectivity index (χ3n) is 11.2. The summed E-state index contributed by atoms with van der Waals surface area (Å²) in [6, 6.07) is 2.45. The highest BCUT2D eigenvalue weighted by atomic mass is 16.6. The molecule has 274 valence electrons. The second-order valence-electron chi connectivity index (χ2n) is 14.6. The number of aryl methyl sites for hydroxylation is 1. The second kappa shape index (κ2) is 16.0. The molecule has 0 N–H and O–H groups in total. The van der Waals surface area contributed by atoms with Gasteiger partial charge in [0.1, 0.15) is 37.0 Å². The van der Waals surface area contributed by atoms with Gasteiger partial charge < -0.3 is 19.1 Å². The minimum absolute atomic E-state index is 0.0226. The van der Waals surface area contributed by atoms with Crippen molar-refractivity contribution in [2.75, 3.05) is 20.2 Å². The number of amides is 2. The first-order valence-corrected chi connectivity index (χ1v) is 17.8. The number of nitrogens with zero attached hydrogens (tertiary/aromatic N) is 7. The Labute approximate surface area is 296 Å². The topological polar surface area (TPSA) is 159 Å². The maximum Gasteiger partial charge on any atom is 0.410 e. The van der Waals surface area contributed by atoms with Gasteiger partial charge in [-0.1, -0.05) is 26.0 Å². The Morgan fingerprint density at radius 2 is 1.78 bits per heavy atom. The van der Waals surface area contributed by atoms with Crippen LogP contribution in [0.4, 0.5) is 4.79 Å². The molecule has 2 aliphatic rings. The smallest absolute Gasteiger partial charge is 0.410 e. The molecule has 9 atom stereocenters. The zero-order chi connectivity index (χ0) is 37.0. The summed E-state index contributed by atoms with van der Waals surface area (Å²) in [5.74, 6) is -2.81. The van der Waals surface area contributed by atoms with Crippen LogP contribution in [0.25, 0.3) is 11.4 Å². The van der Waals surface area contributed by atoms with E-state index in [0.717, 1.165) is 0 Å². The number of carbonyl (C=O) groups is 4. The van der Waals surface area contributed by atoms with E-state index in [-0.39, 0.29) is 23.4 Å². The summed E-state index contributed by atoms with van der Waals surface area (Å²) in [6.45, 7) is 15.8. The quantitative estimate of drug-likeness (QED) is 0.173. The molecule has 4 rings (SSSR count). The first kappa shape index (κ1) is 38.9. The molecule has 0 bridgehead atoms. The Hall–Kier alpha value is -3.88. The van der Waals surface area contributed by atoms with Crippen LogP contribution in [0.1, 0.15) is 81.1 Å². The number of hydrogen-bond donors (Lipinski definition) is 0. The highest BCUT2D eigenvalue weighted by Crippen LogP contribution is 2.42. The SMILES string of the molecule is B[C@@H]1[C@@H](C)C(=O)[C@@H](C)C(=O)O[C@H](CC)[C@@]2(C)OC(=O)N(CCCCn3cc(-c4cccnn4)nn3)[C@@H]2[C@@H](C)N(C(C)=O)C[C@H](C)C[C@@]1(C)OC. The van der Waals surface area contributed by atoms with E-state index >= 15 is 0 Å². The zero-order valence-electron chi connectivity index (χ0n) is 31.3. The number of ether oxygens (including phenoxy) is 3. The molecular weight excluding hydrogens is 641 g/mol. The number of Topliss-reactive ketones (excluding diaryl/α,β-unsaturated/α-hetero) is 1. The first-order chi connectivity index (χ1) is 23.6. The predicted molar refractivity (Wildman–Crippen MR) is 188 cm³/mol. The zero-order valence-corrected chi connectivity index (χ0v) is 31.3. The average molecular weight is 696 g/mol. The molecule has 15 heteroatoms. The summed E-state index contributed by atoms with van der Waals surface area (Å²) >= 11 is 0. The lowest BCUT2D eigenvalue weighted by Crippen LogP contribution is -2.62. The van der Waals surface area contributed by atoms with Gasteiger partial charge in [-0.25, -0.2) is 4.79 Å². The van der Waals surface area contributed by atoms with Gasteiger partial charge in [0.25, 0.3) is 0 Å². The summed E-state index contributed by atoms with van der Waals surface area (Å²) < 4.78 is 20.0. The van der Waals surface area contributed by atoms with Gasteiger partial charge in [-0.2, -0.15) is 5.10 Å². The Bertz CT molecular complexity index is 1510. The highest BCUT2D eigenvalue weighted by molar-refractivity contribution is 6.15. The lowest BCUT2D eigenvalue weighted by atomic mass is 9.62. The minimum Gasteiger partial charge on any atom is -0.458 e. The van der Waals surface area contributed by atoms with Crippen LogP contribution < -0.4 is 0 Å². The molecule has 0 aromatic carbocycles. The lowest BCUT2D eigenvalue weighted by molar-refractivity contribution is -0.171. The number of cyclic esters (lactones) is 1. The van der Waals surface area contributed by atoms with Gasteiger partial charge in [0.2, 0.25) is 5.91 Å². The van der Waals surface area contributed by atoms with Gasteiger partial charge >= 0.3 is 12.1 Å². The molecule has 50 heavy (non-hydrogen) atoms. The fourth-order valence-corrected chi connectivity index (χ4v) is 7.91. The number of aromatic nitrogens is 5. The maximum absolute atomic E-state index is 13.8. The van der Waals surface area contributed by atoms with Crippen molar-refractivity contribution >= 4 is 31.6 Å². The fraction of sp³-hybridized carbons (Fsp3) is 0.714. The standard InChI is InChI=1S/C35H54BN7O7/c1-10-28-35(8)31(42(33(47)50-35)17-12-11-16-41-20-27(39-40-41)26-14-13-15-37-38-26)24(5)43(25(6)44)19-21(2)18-34(7,48-9)30(36)22(3)29(45)23(4)32(46)49-28/h13-15,20-24,28,30-31H,10-12,16-19,36H2,1-9H3/t21-,22+,23-,24-,28-,30-,31-,34-,35-/m1/s1. The molecule has 2 amide bonds. The van der Waals surface area contributed by atoms with Gasteiger partial charge in [0.15, 0.2) is 5.60 Å². The molecule has 0 radical (unpaired) electrons. The Morgan fingerprint density at radius 3 is 2.40 bits per heavy atom. The van der Waals surface area contributed by atoms with E-state index in [2.05, 4.69) is 27.4 Å². The molecule has 2 saturated heterocycles. The molecule has 2 fully saturated rings. The molecule has 14 nitrogen and oxygen atoms in total. The van der Waals surface area contributed by atoms with Crippen LogP contribution in [-0.2, 0) is 35.1 Å². The highest BCUT2D eigenvalue weighted by Gasteiger charge is 2.59. The number of unbranched alkanes of at least 4 members (excludes halogenated alkanes) is 1. The van der Waals surface area contributed by atoms with Crippen molar-refractivity contribution in [3.63, 3.8) is 0 Å². The van der Waals surface area contributed by atoms with E-state index < -0.39 is 53.3 Å². The van der Waals surface area contributed by atoms with Crippen molar-refractivity contribution in [3.05, 3.63) is 24.5 Å². The normalized spacial score (nSPS) is 32.9. The largest absolute Gasteiger partial charge is 0.458 e. The summed E-state index contributed by atoms with van der Waals surface area (Å²) in [5, 5.41) is 16.4. The van der Waals surface area contributed by atoms with Crippen LogP contribution in [0.5, 0.6) is 0 Å². The van der Waals surface area contributed by atoms with Crippen molar-refractivity contribution < 1.29 is 33.4 Å². The molecular formula is C35H54BN7O7. The maximum atomic E-state index is 13.8. The molecule has 2 aromatic heterocycles. The van der Waals surface area contributed by atoms with Crippen LogP contribution in [-0.4, -0.2) is 116 Å². The lowest BCUT2D eigenvalue weighted by Gasteiger charge is -2.44. The van der Waals surface area contributed by atoms with Crippen molar-refractivity contribution in [1.29, 1.82) is 0 Å². The fourth-order valence-electron chi connectivity index (χ4n) is 7.91. The van der Waals surface area contributed by atoms with E-state index in [1.807, 2.05) is 41.6 Å². The second-order valence-corrected chi connectivity index (χ2v) is 14.6. The Morgan fingerprint density at radius 1 is 1.08 bits per heavy atom. The summed E-state index contributed by atoms with van der Waals surface area (Å²) in [5.41, 5.74) is -0.771. The first-order valence-electron chi connectivity index (χ1n) is 17.8. The van der Waals surface area contributed by atoms with Gasteiger partial charge in [0.05, 0.1) is 23.9 Å². The minimum atomic E-state index is -1.31. The van der Waals surface area contributed by atoms with Gasteiger partial charge in [-0.15, -0.1) is 10.2 Å². The van der Waals surface area contributed by atoms with Crippen LogP contribution in [0.15, 0.2) is 24.5 Å². The van der Waals surface area contributed by atoms with Crippen LogP contribution >= 0.6 is 0 Å². The van der Waals surface area contributed by atoms with Crippen LogP contribution in [0.3, 0.4) is 0 Å². The monoisotopic (exact) mass is 695 g/mol. The van der Waals surface area contributed by atoms with Crippen LogP contribution in [0.2, 0.25) is 5.82 Å². The molecule has 0 aliphatic carbocycles. The van der Waals surface area contributed by atoms with Crippen molar-refractivity contribution in [3.8, 4) is 11.4 Å². The molecule has 4 heterocycles. The number of methoxy groups -OCH3 is 1. The van der Waals surface area contributed by atoms with E-state index in [1.54, 1.807) is 53.9 Å². The molecule has 0 saturated carbocycles. The van der Waals surface area contributed by atoms with E-state index in [0.29, 0.717) is 56.7 Å². The number of rotatable bonds is 8. The predicted octanol–water partition coefficient (Wildman–Crippen LogP) is 3.36. The van der Waals surface area contributed by atoms with Crippen LogP contribution in [0, 0.1) is 17.8 Å². The Balaban J connectivity index is 1.64. The number of esters is 1. The third kappa shape index (κ3) is 8.02. The molecule has 0 unspecified atom stereocenters. The molecule has 2 aromatic rings. The number of hydrogen-bond acceptors (Lipinski definition) is 11. The van der Waals surface area contributed by atoms with E-state index in [9.17, 15) is 19.2 Å². The van der Waals surface area contributed by atoms with E-state index in [4.69, 9.17) is 14.2 Å². The molecule has 0 spiro atoms. The van der Waals surface area contributed by atoms with Crippen molar-refractivity contribution in [2.45, 2.75) is 123 Å². The van der Waals surface area contributed by atoms with Gasteiger partial charge in [-0.3, -0.25) is 24.0 Å². The number of ketones is 1.